The Hall–Kier alpha value is -1.27. The Morgan fingerprint density at radius 2 is 1.93 bits per heavy atom. The number of anilines is 1. The van der Waals surface area contributed by atoms with E-state index < -0.39 is 0 Å². The van der Waals surface area contributed by atoms with Crippen molar-refractivity contribution in [2.45, 2.75) is 26.8 Å². The Kier molecular flexibility index (Phi) is 3.32. The molecule has 0 aliphatic rings. The zero-order valence-corrected chi connectivity index (χ0v) is 9.18. The lowest BCUT2D eigenvalue weighted by Crippen LogP contribution is -2.14. The van der Waals surface area contributed by atoms with Crippen molar-refractivity contribution in [2.75, 3.05) is 5.32 Å². The van der Waals surface area contributed by atoms with E-state index in [1.807, 2.05) is 20.8 Å². The van der Waals surface area contributed by atoms with Crippen molar-refractivity contribution in [3.05, 3.63) is 16.5 Å². The van der Waals surface area contributed by atoms with Gasteiger partial charge in [-0.25, -0.2) is 9.97 Å². The summed E-state index contributed by atoms with van der Waals surface area (Å²) < 4.78 is 0. The first kappa shape index (κ1) is 10.8. The SMILES string of the molecule is C#CC(C)Nc1nc(C)c(C)nc1Cl. The number of terminal acetylenes is 1. The van der Waals surface area contributed by atoms with Crippen LogP contribution in [0.15, 0.2) is 0 Å². The highest BCUT2D eigenvalue weighted by Crippen LogP contribution is 2.18. The van der Waals surface area contributed by atoms with Gasteiger partial charge >= 0.3 is 0 Å². The van der Waals surface area contributed by atoms with Crippen LogP contribution in [-0.2, 0) is 0 Å². The minimum atomic E-state index is -0.107. The molecular weight excluding hydrogens is 198 g/mol. The molecule has 0 amide bonds. The largest absolute Gasteiger partial charge is 0.354 e. The first-order valence-electron chi connectivity index (χ1n) is 4.28. The van der Waals surface area contributed by atoms with Gasteiger partial charge in [-0.1, -0.05) is 17.5 Å². The van der Waals surface area contributed by atoms with E-state index in [2.05, 4.69) is 21.2 Å². The molecule has 1 atom stereocenters. The predicted molar refractivity (Wildman–Crippen MR) is 58.4 cm³/mol. The first-order chi connectivity index (χ1) is 6.54. The third kappa shape index (κ3) is 2.36. The topological polar surface area (TPSA) is 37.8 Å². The molecule has 0 saturated heterocycles. The van der Waals surface area contributed by atoms with Gasteiger partial charge in [0.2, 0.25) is 0 Å². The molecule has 14 heavy (non-hydrogen) atoms. The van der Waals surface area contributed by atoms with Gasteiger partial charge in [-0.2, -0.15) is 0 Å². The summed E-state index contributed by atoms with van der Waals surface area (Å²) in [4.78, 5) is 8.39. The highest BCUT2D eigenvalue weighted by atomic mass is 35.5. The molecule has 1 N–H and O–H groups in total. The van der Waals surface area contributed by atoms with Crippen LogP contribution in [0.2, 0.25) is 5.15 Å². The highest BCUT2D eigenvalue weighted by Gasteiger charge is 2.08. The zero-order valence-electron chi connectivity index (χ0n) is 8.43. The van der Waals surface area contributed by atoms with Crippen LogP contribution in [0.1, 0.15) is 18.3 Å². The standard InChI is InChI=1S/C10H12ClN3/c1-5-6(2)12-10-9(11)13-7(3)8(4)14-10/h1,6H,2-4H3,(H,12,14). The maximum Gasteiger partial charge on any atom is 0.171 e. The van der Waals surface area contributed by atoms with Gasteiger partial charge in [-0.3, -0.25) is 0 Å². The lowest BCUT2D eigenvalue weighted by atomic mass is 10.3. The lowest BCUT2D eigenvalue weighted by molar-refractivity contribution is 0.975. The van der Waals surface area contributed by atoms with Gasteiger partial charge in [-0.15, -0.1) is 6.42 Å². The molecule has 0 aromatic carbocycles. The van der Waals surface area contributed by atoms with Gasteiger partial charge in [0.1, 0.15) is 0 Å². The van der Waals surface area contributed by atoms with E-state index in [-0.39, 0.29) is 6.04 Å². The van der Waals surface area contributed by atoms with Crippen LogP contribution in [0, 0.1) is 26.2 Å². The molecule has 4 heteroatoms. The van der Waals surface area contributed by atoms with E-state index in [9.17, 15) is 0 Å². The van der Waals surface area contributed by atoms with E-state index in [1.54, 1.807) is 0 Å². The number of nitrogens with zero attached hydrogens (tertiary/aromatic N) is 2. The van der Waals surface area contributed by atoms with Gasteiger partial charge in [0, 0.05) is 0 Å². The second kappa shape index (κ2) is 4.30. The van der Waals surface area contributed by atoms with Gasteiger partial charge in [0.25, 0.3) is 0 Å². The van der Waals surface area contributed by atoms with E-state index in [4.69, 9.17) is 18.0 Å². The molecule has 1 aromatic rings. The molecule has 1 rings (SSSR count). The van der Waals surface area contributed by atoms with Crippen molar-refractivity contribution in [3.63, 3.8) is 0 Å². The second-order valence-electron chi connectivity index (χ2n) is 3.07. The van der Waals surface area contributed by atoms with E-state index in [0.29, 0.717) is 11.0 Å². The fraction of sp³-hybridized carbons (Fsp3) is 0.400. The van der Waals surface area contributed by atoms with Gasteiger partial charge in [0.15, 0.2) is 11.0 Å². The van der Waals surface area contributed by atoms with Crippen LogP contribution in [0.3, 0.4) is 0 Å². The van der Waals surface area contributed by atoms with E-state index in [0.717, 1.165) is 11.4 Å². The molecule has 1 aromatic heterocycles. The number of aryl methyl sites for hydroxylation is 2. The Bertz CT molecular complexity index is 382. The van der Waals surface area contributed by atoms with Crippen LogP contribution in [0.4, 0.5) is 5.82 Å². The molecule has 0 aliphatic carbocycles. The minimum Gasteiger partial charge on any atom is -0.354 e. The molecule has 3 nitrogen and oxygen atoms in total. The fourth-order valence-electron chi connectivity index (χ4n) is 0.914. The molecule has 0 saturated carbocycles. The number of rotatable bonds is 2. The number of nitrogens with one attached hydrogen (secondary N) is 1. The van der Waals surface area contributed by atoms with Gasteiger partial charge in [-0.05, 0) is 20.8 Å². The number of hydrogen-bond donors (Lipinski definition) is 1. The van der Waals surface area contributed by atoms with Crippen LogP contribution < -0.4 is 5.32 Å². The molecule has 1 heterocycles. The Morgan fingerprint density at radius 1 is 1.36 bits per heavy atom. The van der Waals surface area contributed by atoms with Crippen molar-refractivity contribution in [1.29, 1.82) is 0 Å². The zero-order chi connectivity index (χ0) is 10.7. The molecule has 0 spiro atoms. The monoisotopic (exact) mass is 209 g/mol. The summed E-state index contributed by atoms with van der Waals surface area (Å²) >= 11 is 5.90. The summed E-state index contributed by atoms with van der Waals surface area (Å²) in [6.45, 7) is 5.60. The van der Waals surface area contributed by atoms with Crippen LogP contribution >= 0.6 is 11.6 Å². The van der Waals surface area contributed by atoms with Crippen molar-refractivity contribution >= 4 is 17.4 Å². The second-order valence-corrected chi connectivity index (χ2v) is 3.42. The normalized spacial score (nSPS) is 11.9. The Morgan fingerprint density at radius 3 is 2.50 bits per heavy atom. The molecule has 1 unspecified atom stereocenters. The molecular formula is C10H12ClN3. The van der Waals surface area contributed by atoms with Crippen molar-refractivity contribution in [3.8, 4) is 12.3 Å². The summed E-state index contributed by atoms with van der Waals surface area (Å²) in [7, 11) is 0. The average molecular weight is 210 g/mol. The van der Waals surface area contributed by atoms with E-state index >= 15 is 0 Å². The van der Waals surface area contributed by atoms with Crippen molar-refractivity contribution < 1.29 is 0 Å². The molecule has 0 radical (unpaired) electrons. The Labute approximate surface area is 88.9 Å². The number of hydrogen-bond acceptors (Lipinski definition) is 3. The molecule has 74 valence electrons. The summed E-state index contributed by atoms with van der Waals surface area (Å²) in [6, 6.07) is -0.107. The smallest absolute Gasteiger partial charge is 0.171 e. The van der Waals surface area contributed by atoms with Gasteiger partial charge in [0.05, 0.1) is 17.4 Å². The van der Waals surface area contributed by atoms with Crippen molar-refractivity contribution in [1.82, 2.24) is 9.97 Å². The third-order valence-electron chi connectivity index (χ3n) is 1.87. The summed E-state index contributed by atoms with van der Waals surface area (Å²) in [6.07, 6.45) is 5.23. The minimum absolute atomic E-state index is 0.107. The number of aromatic nitrogens is 2. The van der Waals surface area contributed by atoms with Crippen LogP contribution in [0.5, 0.6) is 0 Å². The summed E-state index contributed by atoms with van der Waals surface area (Å²) in [5.74, 6) is 3.08. The average Bonchev–Trinajstić information content (AvgIpc) is 2.14. The highest BCUT2D eigenvalue weighted by molar-refractivity contribution is 6.31. The molecule has 0 fully saturated rings. The quantitative estimate of drug-likeness (QED) is 0.759. The van der Waals surface area contributed by atoms with Crippen molar-refractivity contribution in [2.24, 2.45) is 0 Å². The van der Waals surface area contributed by atoms with Crippen LogP contribution in [-0.4, -0.2) is 16.0 Å². The van der Waals surface area contributed by atoms with E-state index in [1.165, 1.54) is 0 Å². The summed E-state index contributed by atoms with van der Waals surface area (Å²) in [5, 5.41) is 3.34. The lowest BCUT2D eigenvalue weighted by Gasteiger charge is -2.10. The molecule has 0 bridgehead atoms. The number of halogens is 1. The third-order valence-corrected chi connectivity index (χ3v) is 2.13. The maximum atomic E-state index is 5.90. The summed E-state index contributed by atoms with van der Waals surface area (Å²) in [5.41, 5.74) is 1.68. The Balaban J connectivity index is 2.99. The fourth-order valence-corrected chi connectivity index (χ4v) is 1.14. The maximum absolute atomic E-state index is 5.90. The van der Waals surface area contributed by atoms with Gasteiger partial charge < -0.3 is 5.32 Å². The molecule has 0 aliphatic heterocycles. The van der Waals surface area contributed by atoms with Crippen LogP contribution in [0.25, 0.3) is 0 Å². The predicted octanol–water partition coefficient (Wildman–Crippen LogP) is 2.18. The first-order valence-corrected chi connectivity index (χ1v) is 4.65.